The van der Waals surface area contributed by atoms with Crippen molar-refractivity contribution in [2.24, 2.45) is 0 Å². The molecule has 6 nitrogen and oxygen atoms in total. The number of nitrogens with zero attached hydrogens (tertiary/aromatic N) is 1. The van der Waals surface area contributed by atoms with Crippen LogP contribution in [0.3, 0.4) is 0 Å². The van der Waals surface area contributed by atoms with Crippen LogP contribution < -0.4 is 5.32 Å². The molecule has 0 unspecified atom stereocenters. The third kappa shape index (κ3) is 3.37. The van der Waals surface area contributed by atoms with Gasteiger partial charge < -0.3 is 14.2 Å². The largest absolute Gasteiger partial charge is 0.459 e. The Labute approximate surface area is 156 Å². The van der Waals surface area contributed by atoms with Crippen LogP contribution >= 0.6 is 0 Å². The lowest BCUT2D eigenvalue weighted by Gasteiger charge is -2.06. The predicted molar refractivity (Wildman–Crippen MR) is 101 cm³/mol. The fraction of sp³-hybridized carbons (Fsp3) is 0.0500. The highest BCUT2D eigenvalue weighted by atomic mass is 32.2. The minimum atomic E-state index is -3.89. The standard InChI is InChI=1S/C20H16N2O4S/c1-14-9-11-16(12-10-14)27(23,24)20-19(21-15-6-3-2-4-7-15)26-18(22-20)17-8-5-13-25-17/h2-13,21H,1H3. The van der Waals surface area contributed by atoms with Gasteiger partial charge in [-0.05, 0) is 43.3 Å². The topological polar surface area (TPSA) is 85.3 Å². The lowest BCUT2D eigenvalue weighted by molar-refractivity contribution is 0.524. The van der Waals surface area contributed by atoms with Crippen molar-refractivity contribution in [3.8, 4) is 11.7 Å². The molecule has 136 valence electrons. The molecular weight excluding hydrogens is 364 g/mol. The van der Waals surface area contributed by atoms with E-state index in [1.807, 2.05) is 25.1 Å². The second-order valence-electron chi connectivity index (χ2n) is 5.94. The quantitative estimate of drug-likeness (QED) is 0.534. The lowest BCUT2D eigenvalue weighted by Crippen LogP contribution is -2.05. The van der Waals surface area contributed by atoms with Crippen molar-refractivity contribution >= 4 is 21.4 Å². The monoisotopic (exact) mass is 380 g/mol. The van der Waals surface area contributed by atoms with Crippen molar-refractivity contribution in [3.05, 3.63) is 78.6 Å². The first-order valence-electron chi connectivity index (χ1n) is 8.22. The minimum absolute atomic E-state index is 0.0353. The number of aryl methyl sites for hydroxylation is 1. The summed E-state index contributed by atoms with van der Waals surface area (Å²) >= 11 is 0. The molecule has 7 heteroatoms. The first-order chi connectivity index (χ1) is 13.0. The van der Waals surface area contributed by atoms with Crippen molar-refractivity contribution < 1.29 is 17.3 Å². The Morgan fingerprint density at radius 1 is 0.926 bits per heavy atom. The Morgan fingerprint density at radius 2 is 1.67 bits per heavy atom. The van der Waals surface area contributed by atoms with Crippen molar-refractivity contribution in [1.82, 2.24) is 4.98 Å². The molecule has 0 radical (unpaired) electrons. The molecule has 4 rings (SSSR count). The van der Waals surface area contributed by atoms with E-state index in [2.05, 4.69) is 10.3 Å². The third-order valence-corrected chi connectivity index (χ3v) is 5.62. The normalized spacial score (nSPS) is 11.4. The van der Waals surface area contributed by atoms with Gasteiger partial charge in [-0.3, -0.25) is 0 Å². The first-order valence-corrected chi connectivity index (χ1v) is 9.71. The zero-order valence-corrected chi connectivity index (χ0v) is 15.2. The molecule has 2 heterocycles. The van der Waals surface area contributed by atoms with Gasteiger partial charge in [0.2, 0.25) is 20.7 Å². The van der Waals surface area contributed by atoms with Gasteiger partial charge in [0.15, 0.2) is 5.76 Å². The van der Waals surface area contributed by atoms with E-state index >= 15 is 0 Å². The minimum Gasteiger partial charge on any atom is -0.459 e. The lowest BCUT2D eigenvalue weighted by atomic mass is 10.2. The van der Waals surface area contributed by atoms with Crippen molar-refractivity contribution in [2.45, 2.75) is 16.8 Å². The number of furan rings is 1. The summed E-state index contributed by atoms with van der Waals surface area (Å²) in [6.07, 6.45) is 1.47. The summed E-state index contributed by atoms with van der Waals surface area (Å²) in [7, 11) is -3.89. The molecule has 4 aromatic rings. The molecule has 0 amide bonds. The fourth-order valence-electron chi connectivity index (χ4n) is 2.55. The van der Waals surface area contributed by atoms with Gasteiger partial charge in [0.25, 0.3) is 5.89 Å². The highest BCUT2D eigenvalue weighted by molar-refractivity contribution is 7.91. The van der Waals surface area contributed by atoms with Gasteiger partial charge in [0.05, 0.1) is 11.2 Å². The summed E-state index contributed by atoms with van der Waals surface area (Å²) in [5.41, 5.74) is 1.65. The third-order valence-electron chi connectivity index (χ3n) is 3.95. The molecule has 1 N–H and O–H groups in total. The van der Waals surface area contributed by atoms with Gasteiger partial charge in [-0.15, -0.1) is 0 Å². The van der Waals surface area contributed by atoms with Crippen LogP contribution in [0.25, 0.3) is 11.7 Å². The van der Waals surface area contributed by atoms with Gasteiger partial charge in [-0.1, -0.05) is 35.9 Å². The number of sulfone groups is 1. The average Bonchev–Trinajstić information content (AvgIpc) is 3.33. The molecule has 0 spiro atoms. The molecular formula is C20H16N2O4S. The van der Waals surface area contributed by atoms with Crippen molar-refractivity contribution in [1.29, 1.82) is 0 Å². The molecule has 0 bridgehead atoms. The summed E-state index contributed by atoms with van der Waals surface area (Å²) in [5, 5.41) is 2.80. The second-order valence-corrected chi connectivity index (χ2v) is 7.80. The molecule has 0 aliphatic rings. The molecule has 2 aromatic carbocycles. The Bertz CT molecular complexity index is 1150. The predicted octanol–water partition coefficient (Wildman–Crippen LogP) is 4.82. The van der Waals surface area contributed by atoms with E-state index in [0.717, 1.165) is 5.56 Å². The van der Waals surface area contributed by atoms with Crippen LogP contribution in [0.1, 0.15) is 5.56 Å². The van der Waals surface area contributed by atoms with E-state index in [-0.39, 0.29) is 21.7 Å². The van der Waals surface area contributed by atoms with E-state index in [1.54, 1.807) is 48.5 Å². The number of rotatable bonds is 5. The Balaban J connectivity index is 1.83. The maximum Gasteiger partial charge on any atom is 0.266 e. The summed E-state index contributed by atoms with van der Waals surface area (Å²) in [4.78, 5) is 4.35. The van der Waals surface area contributed by atoms with Gasteiger partial charge >= 0.3 is 0 Å². The van der Waals surface area contributed by atoms with E-state index < -0.39 is 9.84 Å². The SMILES string of the molecule is Cc1ccc(S(=O)(=O)c2nc(-c3ccco3)oc2Nc2ccccc2)cc1. The zero-order valence-electron chi connectivity index (χ0n) is 14.4. The number of hydrogen-bond donors (Lipinski definition) is 1. The summed E-state index contributed by atoms with van der Waals surface area (Å²) in [5.74, 6) is 0.466. The van der Waals surface area contributed by atoms with Gasteiger partial charge in [-0.25, -0.2) is 8.42 Å². The van der Waals surface area contributed by atoms with E-state index in [9.17, 15) is 8.42 Å². The van der Waals surface area contributed by atoms with Crippen LogP contribution in [0, 0.1) is 6.92 Å². The Morgan fingerprint density at radius 3 is 2.33 bits per heavy atom. The molecule has 27 heavy (non-hydrogen) atoms. The smallest absolute Gasteiger partial charge is 0.266 e. The van der Waals surface area contributed by atoms with Gasteiger partial charge in [0.1, 0.15) is 0 Å². The van der Waals surface area contributed by atoms with Crippen LogP contribution in [0.5, 0.6) is 0 Å². The highest BCUT2D eigenvalue weighted by Crippen LogP contribution is 2.34. The Hall–Kier alpha value is -3.32. The Kier molecular flexibility index (Phi) is 4.29. The van der Waals surface area contributed by atoms with Crippen LogP contribution in [-0.4, -0.2) is 13.4 Å². The molecule has 0 saturated carbocycles. The van der Waals surface area contributed by atoms with Crippen LogP contribution in [0.2, 0.25) is 0 Å². The number of para-hydroxylation sites is 1. The second kappa shape index (κ2) is 6.77. The number of anilines is 2. The molecule has 2 aromatic heterocycles. The highest BCUT2D eigenvalue weighted by Gasteiger charge is 2.29. The molecule has 0 aliphatic carbocycles. The first kappa shape index (κ1) is 17.1. The van der Waals surface area contributed by atoms with Crippen LogP contribution in [0.15, 0.2) is 91.7 Å². The number of oxazole rings is 1. The van der Waals surface area contributed by atoms with Crippen molar-refractivity contribution in [3.63, 3.8) is 0 Å². The number of benzene rings is 2. The molecule has 0 aliphatic heterocycles. The number of hydrogen-bond acceptors (Lipinski definition) is 6. The van der Waals surface area contributed by atoms with E-state index in [4.69, 9.17) is 8.83 Å². The zero-order chi connectivity index (χ0) is 18.9. The number of nitrogens with one attached hydrogen (secondary N) is 1. The molecule has 0 saturated heterocycles. The fourth-order valence-corrected chi connectivity index (χ4v) is 3.81. The van der Waals surface area contributed by atoms with Crippen molar-refractivity contribution in [2.75, 3.05) is 5.32 Å². The van der Waals surface area contributed by atoms with Crippen LogP contribution in [0.4, 0.5) is 11.6 Å². The summed E-state index contributed by atoms with van der Waals surface area (Å²) < 4.78 is 37.3. The van der Waals surface area contributed by atoms with E-state index in [0.29, 0.717) is 11.4 Å². The summed E-state index contributed by atoms with van der Waals surface area (Å²) in [6, 6.07) is 19.1. The van der Waals surface area contributed by atoms with Crippen LogP contribution in [-0.2, 0) is 9.84 Å². The van der Waals surface area contributed by atoms with E-state index in [1.165, 1.54) is 6.26 Å². The maximum atomic E-state index is 13.1. The molecule has 0 fully saturated rings. The molecule has 0 atom stereocenters. The van der Waals surface area contributed by atoms with Gasteiger partial charge in [0, 0.05) is 5.69 Å². The average molecular weight is 380 g/mol. The maximum absolute atomic E-state index is 13.1. The number of aromatic nitrogens is 1. The summed E-state index contributed by atoms with van der Waals surface area (Å²) in [6.45, 7) is 1.89. The van der Waals surface area contributed by atoms with Gasteiger partial charge in [-0.2, -0.15) is 4.98 Å².